The lowest BCUT2D eigenvalue weighted by Gasteiger charge is -2.05. The van der Waals surface area contributed by atoms with Crippen molar-refractivity contribution in [1.82, 2.24) is 0 Å². The standard InChI is InChI=1S/C13H24O6/c14-8-1-3-10-18-12(16)6-5-7-13(17)19-11-4-2-9-15/h14-15H,1-11H2. The SMILES string of the molecule is O=C(CCCC(=O)OCCCCO)OCCCCO. The molecular weight excluding hydrogens is 252 g/mol. The van der Waals surface area contributed by atoms with Crippen LogP contribution in [0.5, 0.6) is 0 Å². The number of rotatable bonds is 12. The molecule has 0 amide bonds. The fraction of sp³-hybridized carbons (Fsp3) is 0.846. The summed E-state index contributed by atoms with van der Waals surface area (Å²) in [6, 6.07) is 0. The lowest BCUT2D eigenvalue weighted by molar-refractivity contribution is -0.145. The maximum atomic E-state index is 11.2. The number of hydrogen-bond acceptors (Lipinski definition) is 6. The topological polar surface area (TPSA) is 93.1 Å². The van der Waals surface area contributed by atoms with Crippen molar-refractivity contribution in [1.29, 1.82) is 0 Å². The van der Waals surface area contributed by atoms with E-state index in [4.69, 9.17) is 19.7 Å². The minimum atomic E-state index is -0.328. The number of ether oxygens (including phenoxy) is 2. The van der Waals surface area contributed by atoms with Crippen LogP contribution < -0.4 is 0 Å². The minimum Gasteiger partial charge on any atom is -0.466 e. The molecule has 0 rings (SSSR count). The molecule has 0 spiro atoms. The molecule has 0 bridgehead atoms. The third-order valence-electron chi connectivity index (χ3n) is 2.39. The number of aliphatic hydroxyl groups excluding tert-OH is 2. The van der Waals surface area contributed by atoms with Crippen molar-refractivity contribution in [2.24, 2.45) is 0 Å². The van der Waals surface area contributed by atoms with Gasteiger partial charge in [0, 0.05) is 26.1 Å². The predicted octanol–water partition coefficient (Wildman–Crippen LogP) is 0.788. The first-order valence-electron chi connectivity index (χ1n) is 6.73. The molecule has 0 aromatic rings. The monoisotopic (exact) mass is 276 g/mol. The van der Waals surface area contributed by atoms with Crippen molar-refractivity contribution in [2.75, 3.05) is 26.4 Å². The van der Waals surface area contributed by atoms with Gasteiger partial charge in [-0.3, -0.25) is 9.59 Å². The molecule has 112 valence electrons. The molecule has 0 radical (unpaired) electrons. The molecule has 0 heterocycles. The maximum Gasteiger partial charge on any atom is 0.305 e. The zero-order chi connectivity index (χ0) is 14.3. The van der Waals surface area contributed by atoms with Crippen molar-refractivity contribution >= 4 is 11.9 Å². The van der Waals surface area contributed by atoms with Gasteiger partial charge >= 0.3 is 11.9 Å². The van der Waals surface area contributed by atoms with E-state index in [2.05, 4.69) is 0 Å². The third kappa shape index (κ3) is 13.1. The van der Waals surface area contributed by atoms with Crippen LogP contribution >= 0.6 is 0 Å². The van der Waals surface area contributed by atoms with Gasteiger partial charge in [-0.05, 0) is 32.1 Å². The Bertz CT molecular complexity index is 217. The van der Waals surface area contributed by atoms with E-state index in [0.717, 1.165) is 0 Å². The molecule has 0 aliphatic heterocycles. The van der Waals surface area contributed by atoms with Crippen LogP contribution in [0.1, 0.15) is 44.9 Å². The number of unbranched alkanes of at least 4 members (excludes halogenated alkanes) is 2. The molecule has 0 aromatic heterocycles. The molecule has 0 unspecified atom stereocenters. The summed E-state index contributed by atoms with van der Waals surface area (Å²) in [5.41, 5.74) is 0. The average Bonchev–Trinajstić information content (AvgIpc) is 2.40. The molecule has 0 saturated carbocycles. The van der Waals surface area contributed by atoms with Gasteiger partial charge in [-0.25, -0.2) is 0 Å². The molecule has 0 aliphatic rings. The zero-order valence-electron chi connectivity index (χ0n) is 11.3. The summed E-state index contributed by atoms with van der Waals surface area (Å²) in [4.78, 5) is 22.4. The van der Waals surface area contributed by atoms with Gasteiger partial charge in [0.2, 0.25) is 0 Å². The Kier molecular flexibility index (Phi) is 12.5. The van der Waals surface area contributed by atoms with E-state index in [-0.39, 0.29) is 38.0 Å². The van der Waals surface area contributed by atoms with Gasteiger partial charge in [-0.2, -0.15) is 0 Å². The van der Waals surface area contributed by atoms with Gasteiger partial charge in [0.15, 0.2) is 0 Å². The van der Waals surface area contributed by atoms with Crippen LogP contribution in [0.2, 0.25) is 0 Å². The summed E-state index contributed by atoms with van der Waals surface area (Å²) in [6.45, 7) is 0.815. The van der Waals surface area contributed by atoms with Crippen molar-refractivity contribution < 1.29 is 29.3 Å². The summed E-state index contributed by atoms with van der Waals surface area (Å²) >= 11 is 0. The van der Waals surface area contributed by atoms with Crippen LogP contribution in [0, 0.1) is 0 Å². The Morgan fingerprint density at radius 2 is 1.11 bits per heavy atom. The molecule has 0 aromatic carbocycles. The van der Waals surface area contributed by atoms with Crippen molar-refractivity contribution in [3.8, 4) is 0 Å². The van der Waals surface area contributed by atoms with Gasteiger partial charge in [-0.1, -0.05) is 0 Å². The van der Waals surface area contributed by atoms with E-state index >= 15 is 0 Å². The largest absolute Gasteiger partial charge is 0.466 e. The Morgan fingerprint density at radius 3 is 1.47 bits per heavy atom. The van der Waals surface area contributed by atoms with Crippen LogP contribution in [0.3, 0.4) is 0 Å². The highest BCUT2D eigenvalue weighted by molar-refractivity contribution is 5.72. The summed E-state index contributed by atoms with van der Waals surface area (Å²) in [5, 5.41) is 17.1. The van der Waals surface area contributed by atoms with Crippen molar-refractivity contribution in [3.63, 3.8) is 0 Å². The fourth-order valence-electron chi connectivity index (χ4n) is 1.32. The van der Waals surface area contributed by atoms with Crippen LogP contribution in [0.25, 0.3) is 0 Å². The second-order valence-corrected chi connectivity index (χ2v) is 4.16. The van der Waals surface area contributed by atoms with Crippen LogP contribution in [0.4, 0.5) is 0 Å². The normalized spacial score (nSPS) is 10.2. The highest BCUT2D eigenvalue weighted by atomic mass is 16.5. The van der Waals surface area contributed by atoms with E-state index in [9.17, 15) is 9.59 Å². The number of esters is 2. The van der Waals surface area contributed by atoms with Crippen molar-refractivity contribution in [2.45, 2.75) is 44.9 Å². The Balaban J connectivity index is 3.35. The fourth-order valence-corrected chi connectivity index (χ4v) is 1.32. The Labute approximate surface area is 113 Å². The number of hydrogen-bond donors (Lipinski definition) is 2. The number of carbonyl (C=O) groups is 2. The Hall–Kier alpha value is -1.14. The first-order chi connectivity index (χ1) is 9.20. The number of aliphatic hydroxyl groups is 2. The maximum absolute atomic E-state index is 11.2. The van der Waals surface area contributed by atoms with E-state index in [0.29, 0.717) is 45.3 Å². The van der Waals surface area contributed by atoms with Gasteiger partial charge < -0.3 is 19.7 Å². The van der Waals surface area contributed by atoms with E-state index in [1.807, 2.05) is 0 Å². The minimum absolute atomic E-state index is 0.0969. The van der Waals surface area contributed by atoms with Crippen molar-refractivity contribution in [3.05, 3.63) is 0 Å². The molecular formula is C13H24O6. The average molecular weight is 276 g/mol. The van der Waals surface area contributed by atoms with Gasteiger partial charge in [0.25, 0.3) is 0 Å². The summed E-state index contributed by atoms with van der Waals surface area (Å²) in [5.74, 6) is -0.656. The number of carbonyl (C=O) groups excluding carboxylic acids is 2. The second-order valence-electron chi connectivity index (χ2n) is 4.16. The molecule has 0 aliphatic carbocycles. The highest BCUT2D eigenvalue weighted by Gasteiger charge is 2.07. The molecule has 19 heavy (non-hydrogen) atoms. The summed E-state index contributed by atoms with van der Waals surface area (Å²) in [6.07, 6.45) is 3.35. The van der Waals surface area contributed by atoms with E-state index < -0.39 is 0 Å². The smallest absolute Gasteiger partial charge is 0.305 e. The summed E-state index contributed by atoms with van der Waals surface area (Å²) in [7, 11) is 0. The first kappa shape index (κ1) is 17.9. The first-order valence-corrected chi connectivity index (χ1v) is 6.73. The molecule has 0 fully saturated rings. The Morgan fingerprint density at radius 1 is 0.684 bits per heavy atom. The van der Waals surface area contributed by atoms with Gasteiger partial charge in [-0.15, -0.1) is 0 Å². The molecule has 0 atom stereocenters. The molecule has 0 saturated heterocycles. The molecule has 6 nitrogen and oxygen atoms in total. The van der Waals surface area contributed by atoms with E-state index in [1.165, 1.54) is 0 Å². The molecule has 6 heteroatoms. The van der Waals surface area contributed by atoms with Crippen LogP contribution in [-0.2, 0) is 19.1 Å². The van der Waals surface area contributed by atoms with Crippen LogP contribution in [0.15, 0.2) is 0 Å². The lowest BCUT2D eigenvalue weighted by Crippen LogP contribution is -2.09. The lowest BCUT2D eigenvalue weighted by atomic mass is 10.2. The van der Waals surface area contributed by atoms with Gasteiger partial charge in [0.05, 0.1) is 13.2 Å². The zero-order valence-corrected chi connectivity index (χ0v) is 11.3. The van der Waals surface area contributed by atoms with E-state index in [1.54, 1.807) is 0 Å². The highest BCUT2D eigenvalue weighted by Crippen LogP contribution is 2.01. The third-order valence-corrected chi connectivity index (χ3v) is 2.39. The van der Waals surface area contributed by atoms with Gasteiger partial charge in [0.1, 0.15) is 0 Å². The second kappa shape index (κ2) is 13.3. The predicted molar refractivity (Wildman–Crippen MR) is 68.4 cm³/mol. The van der Waals surface area contributed by atoms with Crippen LogP contribution in [-0.4, -0.2) is 48.6 Å². The molecule has 2 N–H and O–H groups in total. The quantitative estimate of drug-likeness (QED) is 0.404. The summed E-state index contributed by atoms with van der Waals surface area (Å²) < 4.78 is 9.82.